The molecule has 1 saturated heterocycles. The first kappa shape index (κ1) is 15.5. The Morgan fingerprint density at radius 2 is 2.14 bits per heavy atom. The van der Waals surface area contributed by atoms with Crippen molar-refractivity contribution in [1.82, 2.24) is 0 Å². The highest BCUT2D eigenvalue weighted by Crippen LogP contribution is 2.57. The topological polar surface area (TPSA) is 72.8 Å². The van der Waals surface area contributed by atoms with Gasteiger partial charge in [-0.05, 0) is 25.8 Å². The van der Waals surface area contributed by atoms with Crippen molar-refractivity contribution in [2.24, 2.45) is 23.2 Å². The normalized spacial score (nSPS) is 50.0. The zero-order valence-corrected chi connectivity index (χ0v) is 13.5. The van der Waals surface area contributed by atoms with E-state index in [4.69, 9.17) is 9.47 Å². The van der Waals surface area contributed by atoms with E-state index in [-0.39, 0.29) is 35.8 Å². The predicted molar refractivity (Wildman–Crippen MR) is 78.7 cm³/mol. The van der Waals surface area contributed by atoms with Crippen molar-refractivity contribution in [1.29, 1.82) is 0 Å². The van der Waals surface area contributed by atoms with Crippen LogP contribution in [0.4, 0.5) is 0 Å². The average molecular weight is 308 g/mol. The summed E-state index contributed by atoms with van der Waals surface area (Å²) in [6, 6.07) is 0. The van der Waals surface area contributed by atoms with Crippen LogP contribution < -0.4 is 0 Å². The molecule has 3 aliphatic rings. The monoisotopic (exact) mass is 308 g/mol. The van der Waals surface area contributed by atoms with Crippen LogP contribution in [0.5, 0.6) is 0 Å². The first-order chi connectivity index (χ1) is 10.2. The molecule has 1 aliphatic heterocycles. The molecule has 3 rings (SSSR count). The molecule has 0 amide bonds. The smallest absolute Gasteiger partial charge is 0.309 e. The van der Waals surface area contributed by atoms with Gasteiger partial charge in [-0.1, -0.05) is 19.9 Å². The number of hydrogen-bond donors (Lipinski definition) is 1. The average Bonchev–Trinajstić information content (AvgIpc) is 2.68. The van der Waals surface area contributed by atoms with Crippen LogP contribution >= 0.6 is 0 Å². The van der Waals surface area contributed by atoms with Crippen LogP contribution in [0.3, 0.4) is 0 Å². The van der Waals surface area contributed by atoms with E-state index in [1.165, 1.54) is 6.92 Å². The van der Waals surface area contributed by atoms with E-state index in [1.807, 2.05) is 13.8 Å². The summed E-state index contributed by atoms with van der Waals surface area (Å²) in [6.45, 7) is 7.06. The van der Waals surface area contributed by atoms with Crippen LogP contribution in [0.1, 0.15) is 40.5 Å². The van der Waals surface area contributed by atoms with E-state index in [1.54, 1.807) is 19.1 Å². The molecule has 0 spiro atoms. The molecule has 0 radical (unpaired) electrons. The van der Waals surface area contributed by atoms with Crippen molar-refractivity contribution in [3.63, 3.8) is 0 Å². The minimum atomic E-state index is -1.08. The molecule has 1 N–H and O–H groups in total. The maximum absolute atomic E-state index is 12.0. The summed E-state index contributed by atoms with van der Waals surface area (Å²) in [7, 11) is 0. The molecule has 7 atom stereocenters. The third kappa shape index (κ3) is 2.09. The second-order valence-electron chi connectivity index (χ2n) is 7.49. The molecule has 5 nitrogen and oxygen atoms in total. The molecule has 22 heavy (non-hydrogen) atoms. The Balaban J connectivity index is 2.02. The van der Waals surface area contributed by atoms with Gasteiger partial charge in [0.15, 0.2) is 0 Å². The van der Waals surface area contributed by atoms with Gasteiger partial charge in [-0.3, -0.25) is 9.59 Å². The van der Waals surface area contributed by atoms with Crippen molar-refractivity contribution in [3.05, 3.63) is 12.2 Å². The molecule has 0 aromatic rings. The highest BCUT2D eigenvalue weighted by molar-refractivity contribution is 5.75. The zero-order chi connectivity index (χ0) is 16.3. The van der Waals surface area contributed by atoms with E-state index in [9.17, 15) is 14.7 Å². The number of fused-ring (bicyclic) bond motifs is 3. The molecule has 2 fully saturated rings. The maximum Gasteiger partial charge on any atom is 0.309 e. The summed E-state index contributed by atoms with van der Waals surface area (Å²) in [5, 5.41) is 10.9. The molecule has 2 aliphatic carbocycles. The van der Waals surface area contributed by atoms with Crippen LogP contribution in [0.25, 0.3) is 0 Å². The van der Waals surface area contributed by atoms with Gasteiger partial charge >= 0.3 is 11.9 Å². The summed E-state index contributed by atoms with van der Waals surface area (Å²) >= 11 is 0. The minimum absolute atomic E-state index is 0.126. The van der Waals surface area contributed by atoms with Gasteiger partial charge in [0.25, 0.3) is 0 Å². The van der Waals surface area contributed by atoms with Gasteiger partial charge < -0.3 is 14.6 Å². The molecule has 5 heteroatoms. The van der Waals surface area contributed by atoms with E-state index in [0.29, 0.717) is 0 Å². The highest BCUT2D eigenvalue weighted by atomic mass is 16.6. The first-order valence-corrected chi connectivity index (χ1v) is 7.96. The Hall–Kier alpha value is -1.36. The lowest BCUT2D eigenvalue weighted by Gasteiger charge is -2.55. The lowest BCUT2D eigenvalue weighted by Crippen LogP contribution is -2.61. The number of carbonyl (C=O) groups excluding carboxylic acids is 2. The standard InChI is InChI=1S/C17H24O5/c1-9-11-5-7-16(3)12(21-10(2)18)6-8-17(4,20)14(16)13(11)22-15(9)19/h6,8-9,11-14,20H,5,7H2,1-4H3. The fourth-order valence-corrected chi connectivity index (χ4v) is 4.80. The van der Waals surface area contributed by atoms with E-state index >= 15 is 0 Å². The maximum atomic E-state index is 12.0. The second-order valence-corrected chi connectivity index (χ2v) is 7.49. The van der Waals surface area contributed by atoms with Gasteiger partial charge in [0.1, 0.15) is 12.2 Å². The molecule has 122 valence electrons. The number of hydrogen-bond acceptors (Lipinski definition) is 5. The summed E-state index contributed by atoms with van der Waals surface area (Å²) in [5.41, 5.74) is -1.52. The van der Waals surface area contributed by atoms with Crippen molar-refractivity contribution in [2.45, 2.75) is 58.3 Å². The molecule has 1 heterocycles. The molecule has 0 aromatic heterocycles. The lowest BCUT2D eigenvalue weighted by atomic mass is 9.52. The highest BCUT2D eigenvalue weighted by Gasteiger charge is 2.63. The number of carbonyl (C=O) groups is 2. The fourth-order valence-electron chi connectivity index (χ4n) is 4.80. The Labute approximate surface area is 130 Å². The molecule has 1 saturated carbocycles. The minimum Gasteiger partial charge on any atom is -0.461 e. The second kappa shape index (κ2) is 4.82. The molecule has 0 aromatic carbocycles. The first-order valence-electron chi connectivity index (χ1n) is 7.96. The van der Waals surface area contributed by atoms with Gasteiger partial charge in [0, 0.05) is 24.2 Å². The van der Waals surface area contributed by atoms with Crippen molar-refractivity contribution < 1.29 is 24.2 Å². The summed E-state index contributed by atoms with van der Waals surface area (Å²) in [4.78, 5) is 23.4. The number of esters is 2. The van der Waals surface area contributed by atoms with Crippen LogP contribution in [0.2, 0.25) is 0 Å². The molecular formula is C17H24O5. The lowest BCUT2D eigenvalue weighted by molar-refractivity contribution is -0.188. The Kier molecular flexibility index (Phi) is 3.40. The largest absolute Gasteiger partial charge is 0.461 e. The fraction of sp³-hybridized carbons (Fsp3) is 0.765. The van der Waals surface area contributed by atoms with Crippen LogP contribution in [0.15, 0.2) is 12.2 Å². The quantitative estimate of drug-likeness (QED) is 0.591. The summed E-state index contributed by atoms with van der Waals surface area (Å²) in [5.74, 6) is -0.810. The third-order valence-electron chi connectivity index (χ3n) is 5.92. The Morgan fingerprint density at radius 3 is 2.77 bits per heavy atom. The van der Waals surface area contributed by atoms with Crippen LogP contribution in [-0.4, -0.2) is 34.9 Å². The SMILES string of the molecule is CC(=O)OC1C=CC(C)(O)C2C3OC(=O)C(C)C3CCC12C. The van der Waals surface area contributed by atoms with Gasteiger partial charge in [0.05, 0.1) is 11.5 Å². The van der Waals surface area contributed by atoms with Crippen molar-refractivity contribution >= 4 is 11.9 Å². The predicted octanol–water partition coefficient (Wildman–Crippen LogP) is 1.83. The van der Waals surface area contributed by atoms with E-state index in [2.05, 4.69) is 0 Å². The van der Waals surface area contributed by atoms with Gasteiger partial charge in [-0.15, -0.1) is 0 Å². The molecule has 7 unspecified atom stereocenters. The number of ether oxygens (including phenoxy) is 2. The van der Waals surface area contributed by atoms with Crippen molar-refractivity contribution in [2.75, 3.05) is 0 Å². The van der Waals surface area contributed by atoms with Gasteiger partial charge in [-0.2, -0.15) is 0 Å². The van der Waals surface area contributed by atoms with Crippen LogP contribution in [-0.2, 0) is 19.1 Å². The number of rotatable bonds is 1. The summed E-state index contributed by atoms with van der Waals surface area (Å²) in [6.07, 6.45) is 4.37. The Bertz CT molecular complexity index is 537. The molecular weight excluding hydrogens is 284 g/mol. The zero-order valence-electron chi connectivity index (χ0n) is 13.5. The number of aliphatic hydroxyl groups is 1. The summed E-state index contributed by atoms with van der Waals surface area (Å²) < 4.78 is 11.1. The third-order valence-corrected chi connectivity index (χ3v) is 5.92. The van der Waals surface area contributed by atoms with Gasteiger partial charge in [-0.25, -0.2) is 0 Å². The Morgan fingerprint density at radius 1 is 1.45 bits per heavy atom. The molecule has 0 bridgehead atoms. The van der Waals surface area contributed by atoms with Crippen LogP contribution in [0, 0.1) is 23.2 Å². The van der Waals surface area contributed by atoms with Crippen molar-refractivity contribution in [3.8, 4) is 0 Å². The van der Waals surface area contributed by atoms with Gasteiger partial charge in [0.2, 0.25) is 0 Å². The van der Waals surface area contributed by atoms with E-state index in [0.717, 1.165) is 12.8 Å². The van der Waals surface area contributed by atoms with E-state index < -0.39 is 17.1 Å².